The summed E-state index contributed by atoms with van der Waals surface area (Å²) in [7, 11) is 4.79. The van der Waals surface area contributed by atoms with Crippen LogP contribution in [0.5, 0.6) is 17.2 Å². The highest BCUT2D eigenvalue weighted by Gasteiger charge is 2.31. The number of fused-ring (bicyclic) bond motifs is 1. The number of methoxy groups -OCH3 is 3. The standard InChI is InChI=1S/C28H29N5O4/c1-35-21-12-10-20(11-13-21)23-17-22(19-7-5-4-6-8-19)29-28-31-27(32-33(23)28)30-26(34)16-18-9-14-24(36-2)25(15-18)37-3/h4-15,22-23H,16-17H2,1-3H3,(H2,29,30,31,32,34)/t22-,23+/m1/s1. The zero-order valence-electron chi connectivity index (χ0n) is 21.0. The second kappa shape index (κ2) is 10.6. The van der Waals surface area contributed by atoms with Gasteiger partial charge in [-0.15, -0.1) is 5.10 Å². The summed E-state index contributed by atoms with van der Waals surface area (Å²) >= 11 is 0. The van der Waals surface area contributed by atoms with Crippen LogP contribution in [0.4, 0.5) is 11.9 Å². The Morgan fingerprint density at radius 2 is 1.70 bits per heavy atom. The van der Waals surface area contributed by atoms with Crippen molar-refractivity contribution in [3.05, 3.63) is 89.5 Å². The normalized spacial score (nSPS) is 16.3. The summed E-state index contributed by atoms with van der Waals surface area (Å²) in [6.07, 6.45) is 0.915. The van der Waals surface area contributed by atoms with Crippen LogP contribution >= 0.6 is 0 Å². The molecule has 37 heavy (non-hydrogen) atoms. The molecule has 0 spiro atoms. The molecule has 2 heterocycles. The molecule has 0 saturated carbocycles. The number of ether oxygens (including phenoxy) is 3. The van der Waals surface area contributed by atoms with Gasteiger partial charge in [0.1, 0.15) is 5.75 Å². The molecule has 0 aliphatic carbocycles. The lowest BCUT2D eigenvalue weighted by molar-refractivity contribution is -0.115. The third-order valence-corrected chi connectivity index (χ3v) is 6.46. The molecule has 1 aromatic heterocycles. The highest BCUT2D eigenvalue weighted by Crippen LogP contribution is 2.38. The quantitative estimate of drug-likeness (QED) is 0.365. The molecule has 2 atom stereocenters. The lowest BCUT2D eigenvalue weighted by Gasteiger charge is -2.31. The van der Waals surface area contributed by atoms with E-state index in [4.69, 9.17) is 14.2 Å². The zero-order valence-corrected chi connectivity index (χ0v) is 21.0. The first-order valence-electron chi connectivity index (χ1n) is 12.0. The number of benzene rings is 3. The van der Waals surface area contributed by atoms with Crippen LogP contribution < -0.4 is 24.8 Å². The van der Waals surface area contributed by atoms with Crippen molar-refractivity contribution in [2.45, 2.75) is 24.9 Å². The van der Waals surface area contributed by atoms with Gasteiger partial charge in [0.2, 0.25) is 11.9 Å². The van der Waals surface area contributed by atoms with E-state index in [2.05, 4.69) is 32.8 Å². The van der Waals surface area contributed by atoms with Gasteiger partial charge in [-0.1, -0.05) is 48.5 Å². The number of hydrogen-bond acceptors (Lipinski definition) is 7. The highest BCUT2D eigenvalue weighted by atomic mass is 16.5. The number of hydrogen-bond donors (Lipinski definition) is 2. The minimum Gasteiger partial charge on any atom is -0.497 e. The summed E-state index contributed by atoms with van der Waals surface area (Å²) < 4.78 is 17.8. The number of nitrogens with zero attached hydrogens (tertiary/aromatic N) is 3. The largest absolute Gasteiger partial charge is 0.497 e. The second-order valence-electron chi connectivity index (χ2n) is 8.75. The molecule has 9 nitrogen and oxygen atoms in total. The summed E-state index contributed by atoms with van der Waals surface area (Å²) in [5.41, 5.74) is 3.03. The molecule has 1 aliphatic rings. The number of amides is 1. The van der Waals surface area contributed by atoms with Crippen molar-refractivity contribution in [1.82, 2.24) is 14.8 Å². The van der Waals surface area contributed by atoms with E-state index in [1.165, 1.54) is 0 Å². The van der Waals surface area contributed by atoms with E-state index in [0.717, 1.165) is 28.9 Å². The Bertz CT molecular complexity index is 1370. The maximum Gasteiger partial charge on any atom is 0.250 e. The number of aromatic nitrogens is 3. The molecule has 1 amide bonds. The van der Waals surface area contributed by atoms with Gasteiger partial charge in [0, 0.05) is 0 Å². The molecule has 9 heteroatoms. The summed E-state index contributed by atoms with van der Waals surface area (Å²) in [6.45, 7) is 0. The molecule has 0 saturated heterocycles. The summed E-state index contributed by atoms with van der Waals surface area (Å²) in [4.78, 5) is 17.5. The molecular formula is C28H29N5O4. The van der Waals surface area contributed by atoms with Crippen molar-refractivity contribution in [2.75, 3.05) is 32.0 Å². The van der Waals surface area contributed by atoms with Crippen LogP contribution in [0.2, 0.25) is 0 Å². The maximum atomic E-state index is 12.8. The van der Waals surface area contributed by atoms with Crippen LogP contribution in [0.3, 0.4) is 0 Å². The first-order chi connectivity index (χ1) is 18.1. The average molecular weight is 500 g/mol. The van der Waals surface area contributed by atoms with Crippen LogP contribution in [-0.2, 0) is 11.2 Å². The smallest absolute Gasteiger partial charge is 0.250 e. The Labute approximate surface area is 215 Å². The van der Waals surface area contributed by atoms with Crippen molar-refractivity contribution < 1.29 is 19.0 Å². The average Bonchev–Trinajstić information content (AvgIpc) is 3.35. The fourth-order valence-corrected chi connectivity index (χ4v) is 4.58. The van der Waals surface area contributed by atoms with Gasteiger partial charge < -0.3 is 19.5 Å². The molecule has 5 rings (SSSR count). The van der Waals surface area contributed by atoms with Crippen molar-refractivity contribution >= 4 is 17.8 Å². The lowest BCUT2D eigenvalue weighted by atomic mass is 9.93. The monoisotopic (exact) mass is 499 g/mol. The van der Waals surface area contributed by atoms with Gasteiger partial charge in [-0.05, 0) is 47.4 Å². The second-order valence-corrected chi connectivity index (χ2v) is 8.75. The third kappa shape index (κ3) is 5.20. The van der Waals surface area contributed by atoms with E-state index < -0.39 is 0 Å². The van der Waals surface area contributed by atoms with E-state index in [1.807, 2.05) is 53.2 Å². The van der Waals surface area contributed by atoms with Gasteiger partial charge >= 0.3 is 0 Å². The Kier molecular flexibility index (Phi) is 6.93. The van der Waals surface area contributed by atoms with Crippen LogP contribution in [0.25, 0.3) is 0 Å². The summed E-state index contributed by atoms with van der Waals surface area (Å²) in [6, 6.07) is 23.6. The van der Waals surface area contributed by atoms with E-state index >= 15 is 0 Å². The highest BCUT2D eigenvalue weighted by molar-refractivity contribution is 5.90. The SMILES string of the molecule is COc1ccc([C@@H]2C[C@H](c3ccccc3)Nc3nc(NC(=O)Cc4ccc(OC)c(OC)c4)nn32)cc1. The minimum absolute atomic E-state index is 0.0420. The number of nitrogens with one attached hydrogen (secondary N) is 2. The predicted octanol–water partition coefficient (Wildman–Crippen LogP) is 4.63. The van der Waals surface area contributed by atoms with Gasteiger partial charge in [0.05, 0.1) is 39.8 Å². The maximum absolute atomic E-state index is 12.8. The van der Waals surface area contributed by atoms with Gasteiger partial charge in [0.15, 0.2) is 11.5 Å². The van der Waals surface area contributed by atoms with Crippen molar-refractivity contribution in [3.63, 3.8) is 0 Å². The van der Waals surface area contributed by atoms with Crippen LogP contribution in [0.1, 0.15) is 35.2 Å². The Hall–Kier alpha value is -4.53. The first kappa shape index (κ1) is 24.2. The first-order valence-corrected chi connectivity index (χ1v) is 12.0. The Balaban J connectivity index is 1.39. The minimum atomic E-state index is -0.226. The Morgan fingerprint density at radius 1 is 0.946 bits per heavy atom. The van der Waals surface area contributed by atoms with E-state index in [-0.39, 0.29) is 30.4 Å². The summed E-state index contributed by atoms with van der Waals surface area (Å²) in [5.74, 6) is 2.60. The van der Waals surface area contributed by atoms with Gasteiger partial charge in [-0.2, -0.15) is 4.98 Å². The number of carbonyl (C=O) groups is 1. The van der Waals surface area contributed by atoms with E-state index in [1.54, 1.807) is 33.5 Å². The molecule has 1 aliphatic heterocycles. The van der Waals surface area contributed by atoms with Crippen LogP contribution in [0, 0.1) is 0 Å². The predicted molar refractivity (Wildman–Crippen MR) is 140 cm³/mol. The van der Waals surface area contributed by atoms with E-state index in [9.17, 15) is 4.79 Å². The van der Waals surface area contributed by atoms with Crippen molar-refractivity contribution in [3.8, 4) is 17.2 Å². The molecule has 4 aromatic rings. The van der Waals surface area contributed by atoms with Gasteiger partial charge in [-0.3, -0.25) is 10.1 Å². The Morgan fingerprint density at radius 3 is 2.41 bits per heavy atom. The summed E-state index contributed by atoms with van der Waals surface area (Å²) in [5, 5.41) is 11.0. The number of rotatable bonds is 8. The van der Waals surface area contributed by atoms with Gasteiger partial charge in [-0.25, -0.2) is 4.68 Å². The molecule has 0 unspecified atom stereocenters. The molecular weight excluding hydrogens is 470 g/mol. The van der Waals surface area contributed by atoms with Crippen LogP contribution in [-0.4, -0.2) is 42.0 Å². The number of carbonyl (C=O) groups excluding carboxylic acids is 1. The lowest BCUT2D eigenvalue weighted by Crippen LogP contribution is -2.28. The molecule has 190 valence electrons. The van der Waals surface area contributed by atoms with Crippen molar-refractivity contribution in [2.24, 2.45) is 0 Å². The van der Waals surface area contributed by atoms with Crippen LogP contribution in [0.15, 0.2) is 72.8 Å². The zero-order chi connectivity index (χ0) is 25.8. The molecule has 0 bridgehead atoms. The fraction of sp³-hybridized carbons (Fsp3) is 0.250. The topological polar surface area (TPSA) is 99.5 Å². The molecule has 0 radical (unpaired) electrons. The van der Waals surface area contributed by atoms with Crippen molar-refractivity contribution in [1.29, 1.82) is 0 Å². The fourth-order valence-electron chi connectivity index (χ4n) is 4.58. The molecule has 2 N–H and O–H groups in total. The van der Waals surface area contributed by atoms with Gasteiger partial charge in [0.25, 0.3) is 5.95 Å². The third-order valence-electron chi connectivity index (χ3n) is 6.46. The van der Waals surface area contributed by atoms with E-state index in [0.29, 0.717) is 17.4 Å². The molecule has 0 fully saturated rings. The molecule has 3 aromatic carbocycles. The number of anilines is 2.